The van der Waals surface area contributed by atoms with E-state index in [1.54, 1.807) is 19.2 Å². The number of ether oxygens (including phenoxy) is 1. The van der Waals surface area contributed by atoms with Crippen molar-refractivity contribution < 1.29 is 9.53 Å². The molecule has 0 saturated carbocycles. The second-order valence-electron chi connectivity index (χ2n) is 6.25. The summed E-state index contributed by atoms with van der Waals surface area (Å²) in [5.41, 5.74) is 4.25. The standard InChI is InChI=1S/C21H22N4O2/c1-14-5-4-6-18(15(14)2)22-19-11-12-20(25-24-19)23-21(26)13-16-7-9-17(27-3)10-8-16/h4-12H,13H2,1-3H3,(H,22,24)(H,23,25,26). The topological polar surface area (TPSA) is 76.1 Å². The van der Waals surface area contributed by atoms with Crippen LogP contribution in [0.5, 0.6) is 5.75 Å². The number of methoxy groups -OCH3 is 1. The number of nitrogens with zero attached hydrogens (tertiary/aromatic N) is 2. The lowest BCUT2D eigenvalue weighted by Crippen LogP contribution is -2.15. The van der Waals surface area contributed by atoms with Crippen LogP contribution in [0.15, 0.2) is 54.6 Å². The van der Waals surface area contributed by atoms with Gasteiger partial charge in [0.2, 0.25) is 5.91 Å². The van der Waals surface area contributed by atoms with E-state index in [0.717, 1.165) is 22.6 Å². The predicted molar refractivity (Wildman–Crippen MR) is 107 cm³/mol. The summed E-state index contributed by atoms with van der Waals surface area (Å²) in [6, 6.07) is 17.0. The second-order valence-corrected chi connectivity index (χ2v) is 6.25. The monoisotopic (exact) mass is 362 g/mol. The van der Waals surface area contributed by atoms with Crippen LogP contribution < -0.4 is 15.4 Å². The Morgan fingerprint density at radius 2 is 1.67 bits per heavy atom. The molecule has 0 bridgehead atoms. The normalized spacial score (nSPS) is 10.3. The van der Waals surface area contributed by atoms with E-state index in [2.05, 4.69) is 40.7 Å². The minimum atomic E-state index is -0.148. The van der Waals surface area contributed by atoms with E-state index in [1.165, 1.54) is 5.56 Å². The number of carbonyl (C=O) groups is 1. The van der Waals surface area contributed by atoms with Crippen LogP contribution in [0.1, 0.15) is 16.7 Å². The Kier molecular flexibility index (Phi) is 5.66. The van der Waals surface area contributed by atoms with Gasteiger partial charge in [0.25, 0.3) is 0 Å². The van der Waals surface area contributed by atoms with Crippen LogP contribution in [0.4, 0.5) is 17.3 Å². The average Bonchev–Trinajstić information content (AvgIpc) is 2.67. The number of hydrogen-bond acceptors (Lipinski definition) is 5. The summed E-state index contributed by atoms with van der Waals surface area (Å²) >= 11 is 0. The Bertz CT molecular complexity index is 922. The fraction of sp³-hybridized carbons (Fsp3) is 0.190. The molecule has 3 rings (SSSR count). The summed E-state index contributed by atoms with van der Waals surface area (Å²) in [5.74, 6) is 1.65. The van der Waals surface area contributed by atoms with Crippen molar-refractivity contribution in [2.24, 2.45) is 0 Å². The van der Waals surface area contributed by atoms with Crippen LogP contribution in [-0.4, -0.2) is 23.2 Å². The van der Waals surface area contributed by atoms with Gasteiger partial charge in [-0.1, -0.05) is 24.3 Å². The van der Waals surface area contributed by atoms with Gasteiger partial charge in [-0.25, -0.2) is 0 Å². The van der Waals surface area contributed by atoms with E-state index < -0.39 is 0 Å². The number of hydrogen-bond donors (Lipinski definition) is 2. The third-order valence-corrected chi connectivity index (χ3v) is 4.32. The van der Waals surface area contributed by atoms with Gasteiger partial charge < -0.3 is 15.4 Å². The van der Waals surface area contributed by atoms with Crippen LogP contribution in [0.3, 0.4) is 0 Å². The molecular formula is C21H22N4O2. The molecule has 0 aliphatic carbocycles. The lowest BCUT2D eigenvalue weighted by molar-refractivity contribution is -0.115. The minimum Gasteiger partial charge on any atom is -0.497 e. The molecular weight excluding hydrogens is 340 g/mol. The van der Waals surface area contributed by atoms with Gasteiger partial charge in [-0.15, -0.1) is 10.2 Å². The van der Waals surface area contributed by atoms with E-state index in [0.29, 0.717) is 11.6 Å². The Morgan fingerprint density at radius 3 is 2.33 bits per heavy atom. The number of nitrogens with one attached hydrogen (secondary N) is 2. The van der Waals surface area contributed by atoms with Crippen LogP contribution in [0.2, 0.25) is 0 Å². The van der Waals surface area contributed by atoms with Crippen LogP contribution >= 0.6 is 0 Å². The number of rotatable bonds is 6. The third-order valence-electron chi connectivity index (χ3n) is 4.32. The molecule has 0 fully saturated rings. The predicted octanol–water partition coefficient (Wildman–Crippen LogP) is 4.03. The molecule has 6 heteroatoms. The smallest absolute Gasteiger partial charge is 0.229 e. The van der Waals surface area contributed by atoms with Crippen molar-refractivity contribution in [3.8, 4) is 5.75 Å². The molecule has 0 atom stereocenters. The summed E-state index contributed by atoms with van der Waals surface area (Å²) in [6.07, 6.45) is 0.258. The maximum absolute atomic E-state index is 12.2. The molecule has 0 saturated heterocycles. The van der Waals surface area contributed by atoms with E-state index in [4.69, 9.17) is 4.74 Å². The highest BCUT2D eigenvalue weighted by atomic mass is 16.5. The van der Waals surface area contributed by atoms with Crippen molar-refractivity contribution in [1.29, 1.82) is 0 Å². The van der Waals surface area contributed by atoms with Gasteiger partial charge in [-0.3, -0.25) is 4.79 Å². The first-order chi connectivity index (χ1) is 13.0. The fourth-order valence-corrected chi connectivity index (χ4v) is 2.61. The lowest BCUT2D eigenvalue weighted by atomic mass is 10.1. The van der Waals surface area contributed by atoms with Crippen molar-refractivity contribution in [3.63, 3.8) is 0 Å². The Hall–Kier alpha value is -3.41. The largest absolute Gasteiger partial charge is 0.497 e. The van der Waals surface area contributed by atoms with Crippen molar-refractivity contribution in [1.82, 2.24) is 10.2 Å². The Morgan fingerprint density at radius 1 is 0.963 bits per heavy atom. The zero-order valence-corrected chi connectivity index (χ0v) is 15.6. The maximum atomic E-state index is 12.2. The summed E-state index contributed by atoms with van der Waals surface area (Å²) in [7, 11) is 1.61. The molecule has 2 aromatic carbocycles. The zero-order valence-electron chi connectivity index (χ0n) is 15.6. The fourth-order valence-electron chi connectivity index (χ4n) is 2.61. The molecule has 138 valence electrons. The molecule has 0 radical (unpaired) electrons. The van der Waals surface area contributed by atoms with Gasteiger partial charge in [-0.05, 0) is 60.9 Å². The van der Waals surface area contributed by atoms with Gasteiger partial charge in [0.05, 0.1) is 13.5 Å². The van der Waals surface area contributed by atoms with Gasteiger partial charge in [0.15, 0.2) is 11.6 Å². The Balaban J connectivity index is 1.59. The summed E-state index contributed by atoms with van der Waals surface area (Å²) < 4.78 is 5.11. The number of aryl methyl sites for hydroxylation is 1. The number of amides is 1. The highest BCUT2D eigenvalue weighted by molar-refractivity contribution is 5.91. The van der Waals surface area contributed by atoms with Crippen molar-refractivity contribution in [2.75, 3.05) is 17.7 Å². The van der Waals surface area contributed by atoms with Gasteiger partial charge in [0, 0.05) is 5.69 Å². The molecule has 27 heavy (non-hydrogen) atoms. The van der Waals surface area contributed by atoms with Gasteiger partial charge >= 0.3 is 0 Å². The molecule has 1 heterocycles. The number of benzene rings is 2. The highest BCUT2D eigenvalue weighted by Gasteiger charge is 2.07. The molecule has 0 aliphatic heterocycles. The highest BCUT2D eigenvalue weighted by Crippen LogP contribution is 2.21. The minimum absolute atomic E-state index is 0.148. The number of aromatic nitrogens is 2. The van der Waals surface area contributed by atoms with E-state index in [9.17, 15) is 4.79 Å². The zero-order chi connectivity index (χ0) is 19.2. The second kappa shape index (κ2) is 8.31. The van der Waals surface area contributed by atoms with E-state index in [-0.39, 0.29) is 12.3 Å². The van der Waals surface area contributed by atoms with Crippen molar-refractivity contribution >= 4 is 23.2 Å². The van der Waals surface area contributed by atoms with E-state index in [1.807, 2.05) is 36.4 Å². The van der Waals surface area contributed by atoms with Crippen molar-refractivity contribution in [2.45, 2.75) is 20.3 Å². The molecule has 1 amide bonds. The number of carbonyl (C=O) groups excluding carboxylic acids is 1. The summed E-state index contributed by atoms with van der Waals surface area (Å²) in [5, 5.41) is 14.2. The molecule has 1 aromatic heterocycles. The van der Waals surface area contributed by atoms with Gasteiger partial charge in [-0.2, -0.15) is 0 Å². The number of anilines is 3. The molecule has 0 unspecified atom stereocenters. The van der Waals surface area contributed by atoms with Crippen LogP contribution in [-0.2, 0) is 11.2 Å². The lowest BCUT2D eigenvalue weighted by Gasteiger charge is -2.10. The first-order valence-electron chi connectivity index (χ1n) is 8.65. The summed E-state index contributed by atoms with van der Waals surface area (Å²) in [4.78, 5) is 12.2. The molecule has 6 nitrogen and oxygen atoms in total. The average molecular weight is 362 g/mol. The first kappa shape index (κ1) is 18.4. The molecule has 3 aromatic rings. The van der Waals surface area contributed by atoms with Crippen LogP contribution in [0, 0.1) is 13.8 Å². The maximum Gasteiger partial charge on any atom is 0.229 e. The molecule has 0 spiro atoms. The Labute approximate surface area is 158 Å². The first-order valence-corrected chi connectivity index (χ1v) is 8.65. The SMILES string of the molecule is COc1ccc(CC(=O)Nc2ccc(Nc3cccc(C)c3C)nn2)cc1. The van der Waals surface area contributed by atoms with Gasteiger partial charge in [0.1, 0.15) is 5.75 Å². The summed E-state index contributed by atoms with van der Waals surface area (Å²) in [6.45, 7) is 4.12. The van der Waals surface area contributed by atoms with Crippen LogP contribution in [0.25, 0.3) is 0 Å². The quantitative estimate of drug-likeness (QED) is 0.692. The third kappa shape index (κ3) is 4.82. The van der Waals surface area contributed by atoms with Crippen molar-refractivity contribution in [3.05, 3.63) is 71.3 Å². The molecule has 0 aliphatic rings. The molecule has 2 N–H and O–H groups in total. The van der Waals surface area contributed by atoms with E-state index >= 15 is 0 Å².